The minimum Gasteiger partial charge on any atom is -0.492 e. The number of rotatable bonds is 6. The number of aryl methyl sites for hydroxylation is 1. The van der Waals surface area contributed by atoms with Gasteiger partial charge in [0.25, 0.3) is 0 Å². The summed E-state index contributed by atoms with van der Waals surface area (Å²) in [5.74, 6) is 0.816. The predicted octanol–water partition coefficient (Wildman–Crippen LogP) is 3.93. The van der Waals surface area contributed by atoms with Gasteiger partial charge in [-0.3, -0.25) is 0 Å². The van der Waals surface area contributed by atoms with Crippen LogP contribution in [0.5, 0.6) is 5.75 Å². The fraction of sp³-hybridized carbons (Fsp3) is 0.312. The fourth-order valence-corrected chi connectivity index (χ4v) is 3.05. The average Bonchev–Trinajstić information content (AvgIpc) is 2.88. The van der Waals surface area contributed by atoms with Gasteiger partial charge in [-0.05, 0) is 36.8 Å². The summed E-state index contributed by atoms with van der Waals surface area (Å²) in [6, 6.07) is 11.5. The Hall–Kier alpha value is -1.72. The molecule has 0 atom stereocenters. The molecule has 1 heterocycles. The lowest BCUT2D eigenvalue weighted by molar-refractivity contribution is 0.204. The van der Waals surface area contributed by atoms with E-state index in [2.05, 4.69) is 5.32 Å². The Morgan fingerprint density at radius 3 is 2.86 bits per heavy atom. The summed E-state index contributed by atoms with van der Waals surface area (Å²) in [6.45, 7) is 3.46. The highest BCUT2D eigenvalue weighted by atomic mass is 35.5. The molecule has 2 amide bonds. The number of amides is 2. The second-order valence-corrected chi connectivity index (χ2v) is 6.76. The summed E-state index contributed by atoms with van der Waals surface area (Å²) < 4.78 is 6.32. The van der Waals surface area contributed by atoms with Crippen LogP contribution < -0.4 is 10.1 Å². The molecule has 0 fully saturated rings. The van der Waals surface area contributed by atoms with Crippen molar-refractivity contribution in [2.75, 3.05) is 20.2 Å². The molecule has 1 N–H and O–H groups in total. The number of nitrogens with zero attached hydrogens (tertiary/aromatic N) is 1. The van der Waals surface area contributed by atoms with E-state index in [0.717, 1.165) is 20.5 Å². The molecule has 1 aromatic carbocycles. The van der Waals surface area contributed by atoms with Crippen LogP contribution >= 0.6 is 22.9 Å². The van der Waals surface area contributed by atoms with Gasteiger partial charge in [0.05, 0.1) is 17.4 Å². The highest BCUT2D eigenvalue weighted by molar-refractivity contribution is 7.16. The first kappa shape index (κ1) is 16.6. The van der Waals surface area contributed by atoms with Crippen LogP contribution in [0.3, 0.4) is 0 Å². The molecular formula is C16H19ClN2O2S. The van der Waals surface area contributed by atoms with Gasteiger partial charge < -0.3 is 15.0 Å². The van der Waals surface area contributed by atoms with Crippen LogP contribution in [0.1, 0.15) is 10.4 Å². The number of thiophene rings is 1. The molecular weight excluding hydrogens is 320 g/mol. The van der Waals surface area contributed by atoms with Gasteiger partial charge in [0.2, 0.25) is 0 Å². The number of hydrogen-bond acceptors (Lipinski definition) is 3. The third-order valence-corrected chi connectivity index (χ3v) is 4.22. The lowest BCUT2D eigenvalue weighted by Gasteiger charge is -2.17. The summed E-state index contributed by atoms with van der Waals surface area (Å²) in [6.07, 6.45) is 0. The molecule has 0 saturated heterocycles. The van der Waals surface area contributed by atoms with E-state index in [1.165, 1.54) is 11.3 Å². The topological polar surface area (TPSA) is 41.6 Å². The molecule has 0 aliphatic carbocycles. The van der Waals surface area contributed by atoms with E-state index >= 15 is 0 Å². The van der Waals surface area contributed by atoms with Gasteiger partial charge >= 0.3 is 6.03 Å². The van der Waals surface area contributed by atoms with Crippen molar-refractivity contribution in [1.82, 2.24) is 10.2 Å². The van der Waals surface area contributed by atoms with Crippen LogP contribution in [-0.4, -0.2) is 31.1 Å². The maximum absolute atomic E-state index is 12.0. The summed E-state index contributed by atoms with van der Waals surface area (Å²) in [5, 5.41) is 2.83. The number of ether oxygens (including phenoxy) is 1. The fourth-order valence-electron chi connectivity index (χ4n) is 1.91. The van der Waals surface area contributed by atoms with Gasteiger partial charge in [0.15, 0.2) is 0 Å². The number of benzene rings is 1. The Bertz CT molecular complexity index is 630. The van der Waals surface area contributed by atoms with Gasteiger partial charge in [-0.15, -0.1) is 11.3 Å². The first-order chi connectivity index (χ1) is 10.5. The lowest BCUT2D eigenvalue weighted by Crippen LogP contribution is -2.38. The third-order valence-electron chi connectivity index (χ3n) is 3.01. The van der Waals surface area contributed by atoms with Crippen molar-refractivity contribution in [2.24, 2.45) is 0 Å². The van der Waals surface area contributed by atoms with Crippen LogP contribution in [0.15, 0.2) is 36.4 Å². The van der Waals surface area contributed by atoms with E-state index in [1.807, 2.05) is 43.3 Å². The molecule has 0 spiro atoms. The molecule has 0 unspecified atom stereocenters. The summed E-state index contributed by atoms with van der Waals surface area (Å²) in [5.41, 5.74) is 1.15. The molecule has 0 bridgehead atoms. The molecule has 2 aromatic rings. The Morgan fingerprint density at radius 1 is 1.36 bits per heavy atom. The second kappa shape index (κ2) is 8.06. The summed E-state index contributed by atoms with van der Waals surface area (Å²) in [4.78, 5) is 14.6. The zero-order valence-corrected chi connectivity index (χ0v) is 14.2. The highest BCUT2D eigenvalue weighted by Crippen LogP contribution is 2.22. The molecule has 6 heteroatoms. The van der Waals surface area contributed by atoms with Crippen molar-refractivity contribution in [1.29, 1.82) is 0 Å². The van der Waals surface area contributed by atoms with Crippen LogP contribution in [0.25, 0.3) is 0 Å². The second-order valence-electron chi connectivity index (χ2n) is 4.96. The Balaban J connectivity index is 1.68. The number of halogens is 1. The van der Waals surface area contributed by atoms with E-state index in [1.54, 1.807) is 11.9 Å². The van der Waals surface area contributed by atoms with E-state index in [9.17, 15) is 4.79 Å². The molecule has 0 aliphatic heterocycles. The quantitative estimate of drug-likeness (QED) is 0.811. The minimum atomic E-state index is -0.127. The highest BCUT2D eigenvalue weighted by Gasteiger charge is 2.09. The largest absolute Gasteiger partial charge is 0.492 e. The van der Waals surface area contributed by atoms with Crippen molar-refractivity contribution in [3.63, 3.8) is 0 Å². The van der Waals surface area contributed by atoms with Gasteiger partial charge in [0.1, 0.15) is 12.4 Å². The molecule has 22 heavy (non-hydrogen) atoms. The number of urea groups is 1. The SMILES string of the molecule is Cc1cccc(OCCNC(=O)N(C)Cc2ccc(Cl)s2)c1. The van der Waals surface area contributed by atoms with E-state index < -0.39 is 0 Å². The third kappa shape index (κ3) is 5.24. The molecule has 0 radical (unpaired) electrons. The monoisotopic (exact) mass is 338 g/mol. The van der Waals surface area contributed by atoms with Crippen LogP contribution in [0.4, 0.5) is 4.79 Å². The van der Waals surface area contributed by atoms with Gasteiger partial charge in [-0.25, -0.2) is 4.79 Å². The zero-order valence-electron chi connectivity index (χ0n) is 12.6. The van der Waals surface area contributed by atoms with Crippen LogP contribution in [-0.2, 0) is 6.54 Å². The maximum Gasteiger partial charge on any atom is 0.317 e. The molecule has 2 rings (SSSR count). The van der Waals surface area contributed by atoms with Gasteiger partial charge in [-0.1, -0.05) is 23.7 Å². The lowest BCUT2D eigenvalue weighted by atomic mass is 10.2. The van der Waals surface area contributed by atoms with E-state index in [0.29, 0.717) is 19.7 Å². The average molecular weight is 339 g/mol. The van der Waals surface area contributed by atoms with E-state index in [-0.39, 0.29) is 6.03 Å². The number of carbonyl (C=O) groups is 1. The first-order valence-electron chi connectivity index (χ1n) is 6.97. The van der Waals surface area contributed by atoms with Crippen molar-refractivity contribution in [2.45, 2.75) is 13.5 Å². The Kier molecular flexibility index (Phi) is 6.10. The van der Waals surface area contributed by atoms with Crippen LogP contribution in [0.2, 0.25) is 4.34 Å². The molecule has 0 aliphatic rings. The normalized spacial score (nSPS) is 10.3. The number of nitrogens with one attached hydrogen (secondary N) is 1. The number of hydrogen-bond donors (Lipinski definition) is 1. The van der Waals surface area contributed by atoms with Gasteiger partial charge in [0, 0.05) is 11.9 Å². The summed E-state index contributed by atoms with van der Waals surface area (Å²) >= 11 is 7.36. The first-order valence-corrected chi connectivity index (χ1v) is 8.16. The van der Waals surface area contributed by atoms with E-state index in [4.69, 9.17) is 16.3 Å². The summed E-state index contributed by atoms with van der Waals surface area (Å²) in [7, 11) is 1.75. The number of carbonyl (C=O) groups excluding carboxylic acids is 1. The van der Waals surface area contributed by atoms with Crippen molar-refractivity contribution < 1.29 is 9.53 Å². The van der Waals surface area contributed by atoms with Crippen molar-refractivity contribution in [3.05, 3.63) is 51.2 Å². The van der Waals surface area contributed by atoms with Gasteiger partial charge in [-0.2, -0.15) is 0 Å². The van der Waals surface area contributed by atoms with Crippen molar-refractivity contribution >= 4 is 29.0 Å². The van der Waals surface area contributed by atoms with Crippen LogP contribution in [0, 0.1) is 6.92 Å². The Morgan fingerprint density at radius 2 is 2.18 bits per heavy atom. The smallest absolute Gasteiger partial charge is 0.317 e. The minimum absolute atomic E-state index is 0.127. The molecule has 1 aromatic heterocycles. The standard InChI is InChI=1S/C16H19ClN2O2S/c1-12-4-3-5-13(10-12)21-9-8-18-16(20)19(2)11-14-6-7-15(17)22-14/h3-7,10H,8-9,11H2,1-2H3,(H,18,20). The Labute approximate surface area is 139 Å². The molecule has 4 nitrogen and oxygen atoms in total. The zero-order chi connectivity index (χ0) is 15.9. The molecule has 118 valence electrons. The molecule has 0 saturated carbocycles. The maximum atomic E-state index is 12.0. The van der Waals surface area contributed by atoms with Crippen molar-refractivity contribution in [3.8, 4) is 5.75 Å². The predicted molar refractivity (Wildman–Crippen MR) is 90.9 cm³/mol.